The number of benzene rings is 3. The van der Waals surface area contributed by atoms with Gasteiger partial charge in [0.2, 0.25) is 0 Å². The monoisotopic (exact) mass is 491 g/mol. The van der Waals surface area contributed by atoms with Gasteiger partial charge in [-0.05, 0) is 67.8 Å². The minimum atomic E-state index is -4.02. The van der Waals surface area contributed by atoms with Crippen molar-refractivity contribution >= 4 is 44.0 Å². The predicted octanol–water partition coefficient (Wildman–Crippen LogP) is 3.90. The Balaban J connectivity index is 1.37. The quantitative estimate of drug-likeness (QED) is 0.325. The number of H-pyrrole nitrogens is 2. The fourth-order valence-electron chi connectivity index (χ4n) is 4.28. The molecule has 4 aromatic rings. The van der Waals surface area contributed by atoms with Crippen LogP contribution in [0.3, 0.4) is 0 Å². The highest BCUT2D eigenvalue weighted by atomic mass is 32.2. The Morgan fingerprint density at radius 1 is 0.857 bits per heavy atom. The number of fused-ring (bicyclic) bond motifs is 1. The van der Waals surface area contributed by atoms with Crippen LogP contribution in [0.2, 0.25) is 0 Å². The van der Waals surface area contributed by atoms with E-state index in [1.54, 1.807) is 18.2 Å². The second-order valence-corrected chi connectivity index (χ2v) is 10.2. The van der Waals surface area contributed by atoms with E-state index in [-0.39, 0.29) is 16.1 Å². The largest absolute Gasteiger partial charge is 0.371 e. The first-order valence-corrected chi connectivity index (χ1v) is 12.9. The van der Waals surface area contributed by atoms with E-state index in [2.05, 4.69) is 24.9 Å². The summed E-state index contributed by atoms with van der Waals surface area (Å²) in [4.78, 5) is 32.0. The first-order chi connectivity index (χ1) is 16.9. The summed E-state index contributed by atoms with van der Waals surface area (Å²) >= 11 is 0. The maximum atomic E-state index is 13.1. The Labute approximate surface area is 202 Å². The van der Waals surface area contributed by atoms with Crippen LogP contribution in [-0.4, -0.2) is 37.4 Å². The zero-order valence-corrected chi connectivity index (χ0v) is 19.7. The SMILES string of the molecule is O=C(Nc1cccc(N2CCCCC2)c1)c1ccccc1NS(=O)(=O)c1ccc2[nH]c(=O)[nH]c2c1. The maximum Gasteiger partial charge on any atom is 0.323 e. The maximum absolute atomic E-state index is 13.1. The molecule has 180 valence electrons. The third-order valence-corrected chi connectivity index (χ3v) is 7.40. The molecule has 0 radical (unpaired) electrons. The van der Waals surface area contributed by atoms with Gasteiger partial charge in [0, 0.05) is 24.5 Å². The highest BCUT2D eigenvalue weighted by molar-refractivity contribution is 7.92. The fraction of sp³-hybridized carbons (Fsp3) is 0.200. The molecule has 0 spiro atoms. The number of amides is 1. The Hall–Kier alpha value is -4.05. The molecule has 3 aromatic carbocycles. The summed E-state index contributed by atoms with van der Waals surface area (Å²) in [5.41, 5.74) is 2.48. The van der Waals surface area contributed by atoms with Crippen LogP contribution in [0.4, 0.5) is 17.1 Å². The van der Waals surface area contributed by atoms with Gasteiger partial charge < -0.3 is 20.2 Å². The number of aromatic amines is 2. The predicted molar refractivity (Wildman–Crippen MR) is 137 cm³/mol. The van der Waals surface area contributed by atoms with Gasteiger partial charge in [-0.3, -0.25) is 9.52 Å². The van der Waals surface area contributed by atoms with E-state index < -0.39 is 21.6 Å². The zero-order valence-electron chi connectivity index (χ0n) is 18.9. The molecule has 1 aromatic heterocycles. The topological polar surface area (TPSA) is 127 Å². The van der Waals surface area contributed by atoms with Crippen molar-refractivity contribution in [2.45, 2.75) is 24.2 Å². The molecule has 1 fully saturated rings. The molecule has 1 amide bonds. The lowest BCUT2D eigenvalue weighted by molar-refractivity contribution is 0.102. The van der Waals surface area contributed by atoms with E-state index in [9.17, 15) is 18.0 Å². The number of piperidine rings is 1. The van der Waals surface area contributed by atoms with Crippen molar-refractivity contribution in [1.29, 1.82) is 0 Å². The molecule has 0 bridgehead atoms. The normalized spacial score (nSPS) is 14.1. The van der Waals surface area contributed by atoms with Gasteiger partial charge in [0.05, 0.1) is 27.2 Å². The highest BCUT2D eigenvalue weighted by Crippen LogP contribution is 2.25. The van der Waals surface area contributed by atoms with Crippen LogP contribution < -0.4 is 20.6 Å². The third-order valence-electron chi connectivity index (χ3n) is 6.04. The average Bonchev–Trinajstić information content (AvgIpc) is 3.24. The van der Waals surface area contributed by atoms with Crippen molar-refractivity contribution in [2.24, 2.45) is 0 Å². The van der Waals surface area contributed by atoms with Crippen molar-refractivity contribution in [3.8, 4) is 0 Å². The number of rotatable bonds is 6. The lowest BCUT2D eigenvalue weighted by Crippen LogP contribution is -2.29. The molecule has 0 aliphatic carbocycles. The number of carbonyl (C=O) groups excluding carboxylic acids is 1. The molecule has 1 aliphatic heterocycles. The van der Waals surface area contributed by atoms with E-state index in [1.165, 1.54) is 30.7 Å². The number of nitrogens with one attached hydrogen (secondary N) is 4. The molecule has 35 heavy (non-hydrogen) atoms. The van der Waals surface area contributed by atoms with Crippen molar-refractivity contribution in [3.63, 3.8) is 0 Å². The second-order valence-electron chi connectivity index (χ2n) is 8.49. The summed E-state index contributed by atoms with van der Waals surface area (Å²) in [6.07, 6.45) is 3.53. The van der Waals surface area contributed by atoms with Crippen LogP contribution in [0.1, 0.15) is 29.6 Å². The first kappa shape index (κ1) is 22.7. The molecule has 5 rings (SSSR count). The number of carbonyl (C=O) groups is 1. The highest BCUT2D eigenvalue weighted by Gasteiger charge is 2.20. The van der Waals surface area contributed by atoms with E-state index >= 15 is 0 Å². The van der Waals surface area contributed by atoms with E-state index in [0.29, 0.717) is 16.7 Å². The molecule has 9 nitrogen and oxygen atoms in total. The van der Waals surface area contributed by atoms with Crippen LogP contribution in [-0.2, 0) is 10.0 Å². The van der Waals surface area contributed by atoms with Crippen LogP contribution in [0.15, 0.2) is 76.4 Å². The van der Waals surface area contributed by atoms with Gasteiger partial charge in [-0.2, -0.15) is 0 Å². The Kier molecular flexibility index (Phi) is 6.04. The van der Waals surface area contributed by atoms with Gasteiger partial charge in [-0.25, -0.2) is 13.2 Å². The molecular formula is C25H25N5O4S. The number of hydrogen-bond acceptors (Lipinski definition) is 5. The van der Waals surface area contributed by atoms with Crippen molar-refractivity contribution in [3.05, 3.63) is 82.8 Å². The number of hydrogen-bond donors (Lipinski definition) is 4. The Morgan fingerprint density at radius 2 is 1.63 bits per heavy atom. The number of aromatic nitrogens is 2. The molecule has 0 atom stereocenters. The van der Waals surface area contributed by atoms with E-state index in [1.807, 2.05) is 24.3 Å². The van der Waals surface area contributed by atoms with Gasteiger partial charge >= 0.3 is 5.69 Å². The molecular weight excluding hydrogens is 466 g/mol. The molecule has 10 heteroatoms. The molecule has 0 saturated carbocycles. The lowest BCUT2D eigenvalue weighted by Gasteiger charge is -2.29. The standard InChI is InChI=1S/C25H25N5O4S/c31-24(26-17-7-6-8-18(15-17)30-13-4-1-5-14-30)20-9-2-3-10-21(20)29-35(33,34)19-11-12-22-23(16-19)28-25(32)27-22/h2-3,6-12,15-16,29H,1,4-5,13-14H2,(H,26,31)(H2,27,28,32). The van der Waals surface area contributed by atoms with Crippen LogP contribution >= 0.6 is 0 Å². The molecule has 1 aliphatic rings. The van der Waals surface area contributed by atoms with Crippen molar-refractivity contribution in [1.82, 2.24) is 9.97 Å². The van der Waals surface area contributed by atoms with E-state index in [0.717, 1.165) is 31.6 Å². The summed E-state index contributed by atoms with van der Waals surface area (Å²) in [5, 5.41) is 2.89. The molecule has 0 unspecified atom stereocenters. The smallest absolute Gasteiger partial charge is 0.323 e. The van der Waals surface area contributed by atoms with Gasteiger partial charge in [-0.1, -0.05) is 18.2 Å². The Bertz CT molecular complexity index is 1550. The number of sulfonamides is 1. The third kappa shape index (κ3) is 4.92. The summed E-state index contributed by atoms with van der Waals surface area (Å²) < 4.78 is 28.6. The molecule has 1 saturated heterocycles. The summed E-state index contributed by atoms with van der Waals surface area (Å²) in [6, 6.07) is 18.4. The van der Waals surface area contributed by atoms with Gasteiger partial charge in [-0.15, -0.1) is 0 Å². The van der Waals surface area contributed by atoms with Crippen LogP contribution in [0, 0.1) is 0 Å². The minimum Gasteiger partial charge on any atom is -0.371 e. The fourth-order valence-corrected chi connectivity index (χ4v) is 5.39. The number of para-hydroxylation sites is 1. The van der Waals surface area contributed by atoms with E-state index in [4.69, 9.17) is 0 Å². The van der Waals surface area contributed by atoms with Gasteiger partial charge in [0.15, 0.2) is 0 Å². The first-order valence-electron chi connectivity index (χ1n) is 11.4. The molecule has 4 N–H and O–H groups in total. The minimum absolute atomic E-state index is 0.0373. The summed E-state index contributed by atoms with van der Waals surface area (Å²) in [7, 11) is -4.02. The summed E-state index contributed by atoms with van der Waals surface area (Å²) in [6.45, 7) is 1.98. The van der Waals surface area contributed by atoms with Gasteiger partial charge in [0.25, 0.3) is 15.9 Å². The van der Waals surface area contributed by atoms with Gasteiger partial charge in [0.1, 0.15) is 0 Å². The summed E-state index contributed by atoms with van der Waals surface area (Å²) in [5.74, 6) is -0.426. The van der Waals surface area contributed by atoms with Crippen LogP contribution in [0.25, 0.3) is 11.0 Å². The van der Waals surface area contributed by atoms with Crippen molar-refractivity contribution < 1.29 is 13.2 Å². The lowest BCUT2D eigenvalue weighted by atomic mass is 10.1. The van der Waals surface area contributed by atoms with Crippen LogP contribution in [0.5, 0.6) is 0 Å². The zero-order chi connectivity index (χ0) is 24.4. The second kappa shape index (κ2) is 9.30. The molecule has 2 heterocycles. The number of anilines is 3. The average molecular weight is 492 g/mol. The number of imidazole rings is 1. The number of nitrogens with zero attached hydrogens (tertiary/aromatic N) is 1. The van der Waals surface area contributed by atoms with Crippen molar-refractivity contribution in [2.75, 3.05) is 28.0 Å². The Morgan fingerprint density at radius 3 is 2.46 bits per heavy atom.